The van der Waals surface area contributed by atoms with Crippen LogP contribution in [0.5, 0.6) is 0 Å². The number of furan rings is 1. The number of rotatable bonds is 7. The Labute approximate surface area is 201 Å². The van der Waals surface area contributed by atoms with Gasteiger partial charge < -0.3 is 14.2 Å². The van der Waals surface area contributed by atoms with Crippen molar-refractivity contribution in [1.82, 2.24) is 9.62 Å². The van der Waals surface area contributed by atoms with Gasteiger partial charge in [0.15, 0.2) is 0 Å². The molecule has 4 rings (SSSR count). The summed E-state index contributed by atoms with van der Waals surface area (Å²) in [5, 5.41) is 0. The van der Waals surface area contributed by atoms with E-state index in [0.717, 1.165) is 42.7 Å². The van der Waals surface area contributed by atoms with Crippen molar-refractivity contribution in [2.75, 3.05) is 18.5 Å². The molecule has 2 amide bonds. The Morgan fingerprint density at radius 3 is 2.56 bits per heavy atom. The van der Waals surface area contributed by atoms with Crippen molar-refractivity contribution in [2.24, 2.45) is 11.8 Å². The van der Waals surface area contributed by atoms with Gasteiger partial charge in [-0.2, -0.15) is 0 Å². The minimum Gasteiger partial charge on any atom is -0.467 e. The summed E-state index contributed by atoms with van der Waals surface area (Å²) in [5.74, 6) is 1.00. The number of carbonyl (C=O) groups is 2. The Balaban J connectivity index is 1.29. The number of nitrogens with zero attached hydrogens (tertiary/aromatic N) is 2. The number of sulfonamides is 1. The van der Waals surface area contributed by atoms with Gasteiger partial charge in [-0.25, -0.2) is 13.1 Å². The van der Waals surface area contributed by atoms with Crippen LogP contribution in [0, 0.1) is 11.8 Å². The van der Waals surface area contributed by atoms with Gasteiger partial charge in [-0.15, -0.1) is 0 Å². The molecule has 2 heterocycles. The zero-order chi connectivity index (χ0) is 24.5. The SMILES string of the molecule is CC(=O)N1c2ccc(S(=O)(=O)NCC3CCC(C(=O)N(C)Cc4ccco4)CC3)cc2CC1C. The van der Waals surface area contributed by atoms with Crippen molar-refractivity contribution in [3.63, 3.8) is 0 Å². The molecule has 1 aliphatic carbocycles. The Morgan fingerprint density at radius 2 is 1.91 bits per heavy atom. The standard InChI is InChI=1S/C25H33N3O5S/c1-17-13-21-14-23(10-11-24(21)28(17)18(2)29)34(31,32)26-15-19-6-8-20(9-7-19)25(30)27(3)16-22-5-4-12-33-22/h4-5,10-12,14,17,19-20,26H,6-9,13,15-16H2,1-3H3. The highest BCUT2D eigenvalue weighted by Gasteiger charge is 2.31. The van der Waals surface area contributed by atoms with Crippen LogP contribution in [0.25, 0.3) is 0 Å². The van der Waals surface area contributed by atoms with Gasteiger partial charge in [-0.05, 0) is 80.8 Å². The van der Waals surface area contributed by atoms with Crippen LogP contribution in [0.15, 0.2) is 45.9 Å². The van der Waals surface area contributed by atoms with E-state index in [4.69, 9.17) is 4.42 Å². The Kier molecular flexibility index (Phi) is 7.14. The van der Waals surface area contributed by atoms with E-state index < -0.39 is 10.0 Å². The number of fused-ring (bicyclic) bond motifs is 1. The molecule has 34 heavy (non-hydrogen) atoms. The molecule has 1 aromatic heterocycles. The highest BCUT2D eigenvalue weighted by Crippen LogP contribution is 2.34. The van der Waals surface area contributed by atoms with E-state index in [9.17, 15) is 18.0 Å². The number of hydrogen-bond acceptors (Lipinski definition) is 5. The molecule has 1 saturated carbocycles. The fraction of sp³-hybridized carbons (Fsp3) is 0.520. The molecular weight excluding hydrogens is 454 g/mol. The van der Waals surface area contributed by atoms with Crippen LogP contribution in [0.3, 0.4) is 0 Å². The molecular formula is C25H33N3O5S. The van der Waals surface area contributed by atoms with Crippen molar-refractivity contribution in [3.8, 4) is 0 Å². The van der Waals surface area contributed by atoms with Gasteiger partial charge in [0.25, 0.3) is 0 Å². The normalized spacial score (nSPS) is 22.4. The fourth-order valence-corrected chi connectivity index (χ4v) is 6.37. The van der Waals surface area contributed by atoms with Gasteiger partial charge in [0, 0.05) is 38.2 Å². The van der Waals surface area contributed by atoms with Gasteiger partial charge in [-0.3, -0.25) is 9.59 Å². The maximum atomic E-state index is 12.9. The molecule has 2 aliphatic rings. The summed E-state index contributed by atoms with van der Waals surface area (Å²) in [6.07, 6.45) is 5.37. The minimum atomic E-state index is -3.65. The van der Waals surface area contributed by atoms with E-state index in [-0.39, 0.29) is 34.6 Å². The second kappa shape index (κ2) is 9.92. The van der Waals surface area contributed by atoms with E-state index >= 15 is 0 Å². The summed E-state index contributed by atoms with van der Waals surface area (Å²) in [4.78, 5) is 28.3. The lowest BCUT2D eigenvalue weighted by molar-refractivity contribution is -0.136. The maximum absolute atomic E-state index is 12.9. The largest absolute Gasteiger partial charge is 0.467 e. The van der Waals surface area contributed by atoms with Crippen LogP contribution >= 0.6 is 0 Å². The van der Waals surface area contributed by atoms with Crippen LogP contribution in [0.1, 0.15) is 50.9 Å². The smallest absolute Gasteiger partial charge is 0.240 e. The van der Waals surface area contributed by atoms with Crippen LogP contribution < -0.4 is 9.62 Å². The maximum Gasteiger partial charge on any atom is 0.240 e. The quantitative estimate of drug-likeness (QED) is 0.646. The third-order valence-electron chi connectivity index (χ3n) is 7.02. The van der Waals surface area contributed by atoms with Crippen molar-refractivity contribution >= 4 is 27.5 Å². The van der Waals surface area contributed by atoms with Crippen LogP contribution in [0.2, 0.25) is 0 Å². The van der Waals surface area contributed by atoms with E-state index in [0.29, 0.717) is 19.5 Å². The number of carbonyl (C=O) groups excluding carboxylic acids is 2. The highest BCUT2D eigenvalue weighted by molar-refractivity contribution is 7.89. The van der Waals surface area contributed by atoms with E-state index in [1.54, 1.807) is 41.3 Å². The molecule has 1 atom stereocenters. The van der Waals surface area contributed by atoms with Gasteiger partial charge >= 0.3 is 0 Å². The van der Waals surface area contributed by atoms with E-state index in [1.165, 1.54) is 6.92 Å². The number of amides is 2. The lowest BCUT2D eigenvalue weighted by Crippen LogP contribution is -2.36. The summed E-state index contributed by atoms with van der Waals surface area (Å²) < 4.78 is 33.9. The molecule has 2 aromatic rings. The first-order valence-corrected chi connectivity index (χ1v) is 13.3. The average Bonchev–Trinajstić information content (AvgIpc) is 3.43. The summed E-state index contributed by atoms with van der Waals surface area (Å²) in [6, 6.07) is 8.67. The average molecular weight is 488 g/mol. The van der Waals surface area contributed by atoms with Crippen molar-refractivity contribution in [2.45, 2.75) is 63.4 Å². The zero-order valence-electron chi connectivity index (χ0n) is 20.0. The van der Waals surface area contributed by atoms with Crippen molar-refractivity contribution < 1.29 is 22.4 Å². The van der Waals surface area contributed by atoms with Crippen molar-refractivity contribution in [1.29, 1.82) is 0 Å². The molecule has 1 aliphatic heterocycles. The number of nitrogens with one attached hydrogen (secondary N) is 1. The molecule has 0 bridgehead atoms. The van der Waals surface area contributed by atoms with E-state index in [1.807, 2.05) is 19.1 Å². The Morgan fingerprint density at radius 1 is 1.18 bits per heavy atom. The summed E-state index contributed by atoms with van der Waals surface area (Å²) in [7, 11) is -1.86. The number of anilines is 1. The molecule has 0 spiro atoms. The molecule has 1 aromatic carbocycles. The minimum absolute atomic E-state index is 0.0226. The molecule has 0 saturated heterocycles. The first kappa shape index (κ1) is 24.5. The predicted molar refractivity (Wildman–Crippen MR) is 129 cm³/mol. The van der Waals surface area contributed by atoms with Crippen LogP contribution in [-0.4, -0.2) is 44.8 Å². The molecule has 1 unspecified atom stereocenters. The molecule has 0 radical (unpaired) electrons. The predicted octanol–water partition coefficient (Wildman–Crippen LogP) is 3.32. The van der Waals surface area contributed by atoms with Gasteiger partial charge in [0.05, 0.1) is 17.7 Å². The topological polar surface area (TPSA) is 99.9 Å². The first-order chi connectivity index (χ1) is 16.2. The van der Waals surface area contributed by atoms with E-state index in [2.05, 4.69) is 4.72 Å². The summed E-state index contributed by atoms with van der Waals surface area (Å²) in [5.41, 5.74) is 1.67. The Bertz CT molecular complexity index is 1140. The van der Waals surface area contributed by atoms with Gasteiger partial charge in [0.2, 0.25) is 21.8 Å². The zero-order valence-corrected chi connectivity index (χ0v) is 20.8. The number of hydrogen-bond donors (Lipinski definition) is 1. The second-order valence-corrected chi connectivity index (χ2v) is 11.3. The van der Waals surface area contributed by atoms with Crippen LogP contribution in [-0.2, 0) is 32.6 Å². The molecule has 1 fully saturated rings. The van der Waals surface area contributed by atoms with Crippen LogP contribution in [0.4, 0.5) is 5.69 Å². The lowest BCUT2D eigenvalue weighted by atomic mass is 9.81. The molecule has 1 N–H and O–H groups in total. The first-order valence-electron chi connectivity index (χ1n) is 11.9. The van der Waals surface area contributed by atoms with Gasteiger partial charge in [0.1, 0.15) is 5.76 Å². The number of benzene rings is 1. The highest BCUT2D eigenvalue weighted by atomic mass is 32.2. The summed E-state index contributed by atoms with van der Waals surface area (Å²) >= 11 is 0. The molecule has 184 valence electrons. The second-order valence-electron chi connectivity index (χ2n) is 9.58. The van der Waals surface area contributed by atoms with Gasteiger partial charge in [-0.1, -0.05) is 0 Å². The van der Waals surface area contributed by atoms with Crippen molar-refractivity contribution in [3.05, 3.63) is 47.9 Å². The lowest BCUT2D eigenvalue weighted by Gasteiger charge is -2.30. The third kappa shape index (κ3) is 5.20. The fourth-order valence-electron chi connectivity index (χ4n) is 5.20. The summed E-state index contributed by atoms with van der Waals surface area (Å²) in [6.45, 7) is 4.30. The Hall–Kier alpha value is -2.65. The third-order valence-corrected chi connectivity index (χ3v) is 8.44. The monoisotopic (exact) mass is 487 g/mol. The molecule has 8 nitrogen and oxygen atoms in total. The molecule has 9 heteroatoms.